The molecule has 0 aliphatic carbocycles. The summed E-state index contributed by atoms with van der Waals surface area (Å²) < 4.78 is 17.8. The zero-order valence-electron chi connectivity index (χ0n) is 20.5. The highest BCUT2D eigenvalue weighted by molar-refractivity contribution is 5.92. The molecule has 1 aliphatic heterocycles. The number of anilines is 1. The number of carbonyl (C=O) groups excluding carboxylic acids is 1. The van der Waals surface area contributed by atoms with Crippen LogP contribution in [0.1, 0.15) is 45.4 Å². The SMILES string of the molecule is CCC.Cc1cn2nc(-c3cc(F)c4nc(NC(=O)C5CN(C(C)C)C5)nn4c3)cc(C)c2n1. The van der Waals surface area contributed by atoms with E-state index in [1.54, 1.807) is 10.7 Å². The van der Waals surface area contributed by atoms with Crippen LogP contribution < -0.4 is 5.32 Å². The second-order valence-electron chi connectivity index (χ2n) is 9.08. The third-order valence-corrected chi connectivity index (χ3v) is 5.66. The van der Waals surface area contributed by atoms with Gasteiger partial charge in [-0.2, -0.15) is 10.1 Å². The van der Waals surface area contributed by atoms with Crippen LogP contribution in [0.15, 0.2) is 24.5 Å². The van der Waals surface area contributed by atoms with Crippen LogP contribution in [0.3, 0.4) is 0 Å². The van der Waals surface area contributed by atoms with Crippen LogP contribution in [0.5, 0.6) is 0 Å². The van der Waals surface area contributed by atoms with Crippen LogP contribution in [-0.2, 0) is 4.79 Å². The molecule has 0 saturated carbocycles. The topological polar surface area (TPSA) is 92.7 Å². The van der Waals surface area contributed by atoms with Crippen molar-refractivity contribution in [2.24, 2.45) is 5.92 Å². The van der Waals surface area contributed by atoms with Gasteiger partial charge in [-0.3, -0.25) is 15.0 Å². The molecule has 1 N–H and O–H groups in total. The van der Waals surface area contributed by atoms with E-state index in [1.165, 1.54) is 17.0 Å². The van der Waals surface area contributed by atoms with Crippen molar-refractivity contribution in [1.29, 1.82) is 0 Å². The maximum absolute atomic E-state index is 14.8. The molecule has 9 nitrogen and oxygen atoms in total. The maximum atomic E-state index is 14.8. The van der Waals surface area contributed by atoms with Crippen LogP contribution in [0, 0.1) is 25.6 Å². The molecule has 5 rings (SSSR count). The monoisotopic (exact) mass is 466 g/mol. The quantitative estimate of drug-likeness (QED) is 0.491. The molecule has 4 aromatic rings. The zero-order chi connectivity index (χ0) is 24.6. The van der Waals surface area contributed by atoms with E-state index in [0.717, 1.165) is 16.9 Å². The molecule has 0 bridgehead atoms. The lowest BCUT2D eigenvalue weighted by atomic mass is 9.97. The van der Waals surface area contributed by atoms with Gasteiger partial charge in [0, 0.05) is 30.9 Å². The second-order valence-corrected chi connectivity index (χ2v) is 9.08. The van der Waals surface area contributed by atoms with Gasteiger partial charge >= 0.3 is 0 Å². The van der Waals surface area contributed by atoms with Gasteiger partial charge in [0.2, 0.25) is 11.9 Å². The van der Waals surface area contributed by atoms with E-state index in [-0.39, 0.29) is 23.4 Å². The summed E-state index contributed by atoms with van der Waals surface area (Å²) >= 11 is 0. The van der Waals surface area contributed by atoms with Gasteiger partial charge in [-0.15, -0.1) is 5.10 Å². The summed E-state index contributed by atoms with van der Waals surface area (Å²) in [5.74, 6) is -0.700. The first-order valence-corrected chi connectivity index (χ1v) is 11.6. The molecule has 1 aliphatic rings. The Labute approximate surface area is 198 Å². The van der Waals surface area contributed by atoms with Crippen molar-refractivity contribution in [3.05, 3.63) is 41.6 Å². The summed E-state index contributed by atoms with van der Waals surface area (Å²) in [7, 11) is 0. The fourth-order valence-corrected chi connectivity index (χ4v) is 3.84. The number of likely N-dealkylation sites (tertiary alicyclic amines) is 1. The molecule has 34 heavy (non-hydrogen) atoms. The number of nitrogens with one attached hydrogen (secondary N) is 1. The molecule has 180 valence electrons. The van der Waals surface area contributed by atoms with Gasteiger partial charge in [0.05, 0.1) is 23.5 Å². The predicted molar refractivity (Wildman–Crippen MR) is 129 cm³/mol. The van der Waals surface area contributed by atoms with Gasteiger partial charge in [-0.05, 0) is 45.4 Å². The minimum atomic E-state index is -0.540. The van der Waals surface area contributed by atoms with Crippen molar-refractivity contribution < 1.29 is 9.18 Å². The third-order valence-electron chi connectivity index (χ3n) is 5.66. The van der Waals surface area contributed by atoms with Crippen molar-refractivity contribution in [3.63, 3.8) is 0 Å². The number of fused-ring (bicyclic) bond motifs is 2. The van der Waals surface area contributed by atoms with Crippen LogP contribution in [0.2, 0.25) is 0 Å². The zero-order valence-corrected chi connectivity index (χ0v) is 20.5. The van der Waals surface area contributed by atoms with Gasteiger partial charge < -0.3 is 0 Å². The molecular weight excluding hydrogens is 435 g/mol. The number of halogens is 1. The summed E-state index contributed by atoms with van der Waals surface area (Å²) in [5, 5.41) is 11.5. The first-order valence-electron chi connectivity index (χ1n) is 11.6. The number of imidazole rings is 1. The Kier molecular flexibility index (Phi) is 6.60. The minimum Gasteiger partial charge on any atom is -0.299 e. The average Bonchev–Trinajstić information content (AvgIpc) is 3.29. The van der Waals surface area contributed by atoms with Gasteiger partial charge in [0.15, 0.2) is 17.1 Å². The van der Waals surface area contributed by atoms with Gasteiger partial charge in [0.1, 0.15) is 0 Å². The van der Waals surface area contributed by atoms with E-state index in [1.807, 2.05) is 26.1 Å². The smallest absolute Gasteiger partial charge is 0.249 e. The number of nitrogens with zero attached hydrogens (tertiary/aromatic N) is 7. The van der Waals surface area contributed by atoms with E-state index in [9.17, 15) is 9.18 Å². The largest absolute Gasteiger partial charge is 0.299 e. The van der Waals surface area contributed by atoms with E-state index in [0.29, 0.717) is 30.4 Å². The molecule has 0 radical (unpaired) electrons. The summed E-state index contributed by atoms with van der Waals surface area (Å²) in [6.07, 6.45) is 4.73. The van der Waals surface area contributed by atoms with Crippen molar-refractivity contribution in [3.8, 4) is 11.3 Å². The third kappa shape index (κ3) is 4.63. The van der Waals surface area contributed by atoms with Gasteiger partial charge in [-0.25, -0.2) is 18.4 Å². The minimum absolute atomic E-state index is 0.0488. The molecule has 1 saturated heterocycles. The highest BCUT2D eigenvalue weighted by Crippen LogP contribution is 2.24. The lowest BCUT2D eigenvalue weighted by molar-refractivity contribution is -0.125. The molecule has 0 unspecified atom stereocenters. The van der Waals surface area contributed by atoms with Crippen molar-refractivity contribution in [2.75, 3.05) is 18.4 Å². The molecule has 5 heterocycles. The lowest BCUT2D eigenvalue weighted by Gasteiger charge is -2.40. The standard InChI is InChI=1S/C21H23FN8O.C3H8/c1-11(2)28-8-15(9-28)20(31)25-21-24-19-16(22)6-14(10-30(19)27-21)17-5-12(3)18-23-13(4)7-29(18)26-17;1-3-2/h5-7,10-11,15H,8-9H2,1-4H3,(H,25,27,31);3H2,1-2H3. The lowest BCUT2D eigenvalue weighted by Crippen LogP contribution is -2.54. The number of rotatable bonds is 4. The normalized spacial score (nSPS) is 14.4. The molecule has 0 spiro atoms. The Morgan fingerprint density at radius 1 is 1.09 bits per heavy atom. The molecule has 1 amide bonds. The Morgan fingerprint density at radius 3 is 2.44 bits per heavy atom. The van der Waals surface area contributed by atoms with Gasteiger partial charge in [0.25, 0.3) is 0 Å². The Balaban J connectivity index is 0.000000868. The Bertz CT molecular complexity index is 1340. The second kappa shape index (κ2) is 9.46. The predicted octanol–water partition coefficient (Wildman–Crippen LogP) is 3.89. The first-order chi connectivity index (χ1) is 16.2. The summed E-state index contributed by atoms with van der Waals surface area (Å²) in [4.78, 5) is 23.2. The summed E-state index contributed by atoms with van der Waals surface area (Å²) in [5.41, 5.74) is 3.74. The number of aryl methyl sites for hydroxylation is 2. The summed E-state index contributed by atoms with van der Waals surface area (Å²) in [6.45, 7) is 13.7. The van der Waals surface area contributed by atoms with Crippen LogP contribution in [-0.4, -0.2) is 59.1 Å². The van der Waals surface area contributed by atoms with E-state index in [4.69, 9.17) is 0 Å². The number of aromatic nitrogens is 6. The van der Waals surface area contributed by atoms with E-state index >= 15 is 0 Å². The molecular formula is C24H31FN8O. The number of amides is 1. The molecule has 10 heteroatoms. The molecule has 4 aromatic heterocycles. The number of hydrogen-bond donors (Lipinski definition) is 1. The Hall–Kier alpha value is -3.40. The van der Waals surface area contributed by atoms with E-state index in [2.05, 4.69) is 58.1 Å². The molecule has 0 atom stereocenters. The van der Waals surface area contributed by atoms with Crippen molar-refractivity contribution in [2.45, 2.75) is 54.0 Å². The summed E-state index contributed by atoms with van der Waals surface area (Å²) in [6, 6.07) is 3.64. The maximum Gasteiger partial charge on any atom is 0.249 e. The fraction of sp³-hybridized carbons (Fsp3) is 0.458. The average molecular weight is 467 g/mol. The Morgan fingerprint density at radius 2 is 1.76 bits per heavy atom. The number of hydrogen-bond acceptors (Lipinski definition) is 6. The van der Waals surface area contributed by atoms with Crippen LogP contribution >= 0.6 is 0 Å². The van der Waals surface area contributed by atoms with Crippen molar-refractivity contribution in [1.82, 2.24) is 34.1 Å². The van der Waals surface area contributed by atoms with Crippen LogP contribution in [0.4, 0.5) is 10.3 Å². The van der Waals surface area contributed by atoms with Gasteiger partial charge in [-0.1, -0.05) is 20.3 Å². The van der Waals surface area contributed by atoms with Crippen molar-refractivity contribution >= 4 is 23.1 Å². The fourth-order valence-electron chi connectivity index (χ4n) is 3.84. The van der Waals surface area contributed by atoms with Crippen LogP contribution in [0.25, 0.3) is 22.6 Å². The molecule has 0 aromatic carbocycles. The van der Waals surface area contributed by atoms with E-state index < -0.39 is 5.82 Å². The molecule has 1 fully saturated rings. The first kappa shape index (κ1) is 23.7. The number of carbonyl (C=O) groups is 1. The highest BCUT2D eigenvalue weighted by atomic mass is 19.1. The highest BCUT2D eigenvalue weighted by Gasteiger charge is 2.34. The number of pyridine rings is 1.